The number of likely N-dealkylation sites (tertiary alicyclic amines) is 1. The average molecular weight is 262 g/mol. The van der Waals surface area contributed by atoms with Crippen molar-refractivity contribution < 1.29 is 4.74 Å². The highest BCUT2D eigenvalue weighted by Crippen LogP contribution is 2.29. The predicted molar refractivity (Wildman–Crippen MR) is 80.0 cm³/mol. The third-order valence-corrected chi connectivity index (χ3v) is 4.36. The molecule has 0 amide bonds. The van der Waals surface area contributed by atoms with E-state index in [9.17, 15) is 0 Å². The second kappa shape index (κ2) is 5.93. The first-order valence-corrected chi connectivity index (χ1v) is 7.15. The normalized spacial score (nSPS) is 23.8. The number of nitrogens with one attached hydrogen (secondary N) is 1. The molecule has 3 nitrogen and oxygen atoms in total. The standard InChI is InChI=1S/C16H26N2O/c1-5-13-6-7-15(19-4)14(10-13)11-16(17-2)8-9-18(3)12-16/h6-7,10,17H,5,8-9,11-12H2,1-4H3. The number of ether oxygens (including phenoxy) is 1. The number of nitrogens with zero attached hydrogens (tertiary/aromatic N) is 1. The molecule has 1 atom stereocenters. The Morgan fingerprint density at radius 3 is 2.74 bits per heavy atom. The van der Waals surface area contributed by atoms with Gasteiger partial charge in [0, 0.05) is 12.1 Å². The molecule has 1 unspecified atom stereocenters. The maximum atomic E-state index is 5.53. The molecule has 0 aliphatic carbocycles. The Labute approximate surface area is 116 Å². The van der Waals surface area contributed by atoms with Gasteiger partial charge < -0.3 is 15.0 Å². The molecular formula is C16H26N2O. The van der Waals surface area contributed by atoms with Gasteiger partial charge in [0.1, 0.15) is 5.75 Å². The Morgan fingerprint density at radius 1 is 1.42 bits per heavy atom. The fourth-order valence-electron chi connectivity index (χ4n) is 3.07. The fourth-order valence-corrected chi connectivity index (χ4v) is 3.07. The lowest BCUT2D eigenvalue weighted by Crippen LogP contribution is -2.47. The molecule has 1 N–H and O–H groups in total. The Hall–Kier alpha value is -1.06. The molecule has 1 aromatic carbocycles. The summed E-state index contributed by atoms with van der Waals surface area (Å²) >= 11 is 0. The lowest BCUT2D eigenvalue weighted by atomic mass is 9.88. The molecule has 1 fully saturated rings. The first-order chi connectivity index (χ1) is 9.12. The molecule has 1 aliphatic rings. The summed E-state index contributed by atoms with van der Waals surface area (Å²) in [6, 6.07) is 6.57. The smallest absolute Gasteiger partial charge is 0.122 e. The van der Waals surface area contributed by atoms with E-state index >= 15 is 0 Å². The van der Waals surface area contributed by atoms with Crippen LogP contribution in [0.3, 0.4) is 0 Å². The van der Waals surface area contributed by atoms with Gasteiger partial charge in [-0.2, -0.15) is 0 Å². The summed E-state index contributed by atoms with van der Waals surface area (Å²) in [5, 5.41) is 3.55. The molecule has 0 spiro atoms. The van der Waals surface area contributed by atoms with Gasteiger partial charge in [-0.1, -0.05) is 19.1 Å². The molecule has 0 bridgehead atoms. The zero-order valence-corrected chi connectivity index (χ0v) is 12.6. The van der Waals surface area contributed by atoms with E-state index in [-0.39, 0.29) is 5.54 Å². The van der Waals surface area contributed by atoms with Crippen LogP contribution in [0.5, 0.6) is 5.75 Å². The first kappa shape index (κ1) is 14.4. The zero-order valence-electron chi connectivity index (χ0n) is 12.6. The zero-order chi connectivity index (χ0) is 13.9. The number of benzene rings is 1. The van der Waals surface area contributed by atoms with Gasteiger partial charge in [0.05, 0.1) is 7.11 Å². The van der Waals surface area contributed by atoms with Gasteiger partial charge in [-0.05, 0) is 57.1 Å². The lowest BCUT2D eigenvalue weighted by Gasteiger charge is -2.29. The summed E-state index contributed by atoms with van der Waals surface area (Å²) in [5.74, 6) is 1.02. The minimum Gasteiger partial charge on any atom is -0.496 e. The number of hydrogen-bond donors (Lipinski definition) is 1. The Balaban J connectivity index is 2.25. The summed E-state index contributed by atoms with van der Waals surface area (Å²) in [4.78, 5) is 2.40. The maximum absolute atomic E-state index is 5.53. The van der Waals surface area contributed by atoms with Crippen molar-refractivity contribution in [1.29, 1.82) is 0 Å². The van der Waals surface area contributed by atoms with Gasteiger partial charge in [-0.15, -0.1) is 0 Å². The van der Waals surface area contributed by atoms with Crippen LogP contribution in [0.1, 0.15) is 24.5 Å². The third kappa shape index (κ3) is 3.10. The number of rotatable bonds is 5. The number of likely N-dealkylation sites (N-methyl/N-ethyl adjacent to an activating group) is 2. The first-order valence-electron chi connectivity index (χ1n) is 7.15. The molecule has 106 valence electrons. The van der Waals surface area contributed by atoms with Crippen molar-refractivity contribution in [3.05, 3.63) is 29.3 Å². The Morgan fingerprint density at radius 2 is 2.21 bits per heavy atom. The molecule has 1 aliphatic heterocycles. The molecule has 2 rings (SSSR count). The van der Waals surface area contributed by atoms with Crippen molar-refractivity contribution in [1.82, 2.24) is 10.2 Å². The van der Waals surface area contributed by atoms with Gasteiger partial charge in [0.25, 0.3) is 0 Å². The van der Waals surface area contributed by atoms with Crippen LogP contribution in [0.4, 0.5) is 0 Å². The van der Waals surface area contributed by atoms with Gasteiger partial charge in [-0.3, -0.25) is 0 Å². The Kier molecular flexibility index (Phi) is 4.48. The highest BCUT2D eigenvalue weighted by molar-refractivity contribution is 5.39. The van der Waals surface area contributed by atoms with Crippen molar-refractivity contribution in [3.8, 4) is 5.75 Å². The number of hydrogen-bond acceptors (Lipinski definition) is 3. The molecule has 1 saturated heterocycles. The predicted octanol–water partition coefficient (Wildman–Crippen LogP) is 2.09. The van der Waals surface area contributed by atoms with Crippen LogP contribution in [-0.2, 0) is 12.8 Å². The van der Waals surface area contributed by atoms with E-state index in [1.54, 1.807) is 7.11 Å². The molecular weight excluding hydrogens is 236 g/mol. The summed E-state index contributed by atoms with van der Waals surface area (Å²) in [5.41, 5.74) is 2.90. The molecule has 19 heavy (non-hydrogen) atoms. The number of aryl methyl sites for hydroxylation is 1. The molecule has 0 aromatic heterocycles. The van der Waals surface area contributed by atoms with E-state index in [1.807, 2.05) is 0 Å². The van der Waals surface area contributed by atoms with Crippen molar-refractivity contribution in [2.45, 2.75) is 31.7 Å². The second-order valence-electron chi connectivity index (χ2n) is 5.69. The monoisotopic (exact) mass is 262 g/mol. The van der Waals surface area contributed by atoms with Crippen LogP contribution >= 0.6 is 0 Å². The van der Waals surface area contributed by atoms with Crippen LogP contribution < -0.4 is 10.1 Å². The summed E-state index contributed by atoms with van der Waals surface area (Å²) in [7, 11) is 6.03. The van der Waals surface area contributed by atoms with Crippen LogP contribution in [0.15, 0.2) is 18.2 Å². The topological polar surface area (TPSA) is 24.5 Å². The van der Waals surface area contributed by atoms with E-state index < -0.39 is 0 Å². The largest absolute Gasteiger partial charge is 0.496 e. The van der Waals surface area contributed by atoms with E-state index in [0.29, 0.717) is 0 Å². The van der Waals surface area contributed by atoms with Crippen molar-refractivity contribution in [2.75, 3.05) is 34.3 Å². The average Bonchev–Trinajstić information content (AvgIpc) is 2.80. The highest BCUT2D eigenvalue weighted by atomic mass is 16.5. The summed E-state index contributed by atoms with van der Waals surface area (Å²) in [6.07, 6.45) is 3.30. The van der Waals surface area contributed by atoms with Gasteiger partial charge in [-0.25, -0.2) is 0 Å². The van der Waals surface area contributed by atoms with Gasteiger partial charge in [0.2, 0.25) is 0 Å². The second-order valence-corrected chi connectivity index (χ2v) is 5.69. The van der Waals surface area contributed by atoms with Crippen LogP contribution in [0.25, 0.3) is 0 Å². The maximum Gasteiger partial charge on any atom is 0.122 e. The van der Waals surface area contributed by atoms with E-state index in [2.05, 4.69) is 49.4 Å². The van der Waals surface area contributed by atoms with Crippen LogP contribution in [-0.4, -0.2) is 44.7 Å². The number of methoxy groups -OCH3 is 1. The minimum absolute atomic E-state index is 0.189. The minimum atomic E-state index is 0.189. The summed E-state index contributed by atoms with van der Waals surface area (Å²) in [6.45, 7) is 4.46. The SMILES string of the molecule is CCc1ccc(OC)c(CC2(NC)CCN(C)C2)c1. The molecule has 0 saturated carbocycles. The summed E-state index contributed by atoms with van der Waals surface area (Å²) < 4.78 is 5.53. The quantitative estimate of drug-likeness (QED) is 0.879. The molecule has 1 aromatic rings. The van der Waals surface area contributed by atoms with E-state index in [0.717, 1.165) is 31.7 Å². The van der Waals surface area contributed by atoms with Gasteiger partial charge in [0.15, 0.2) is 0 Å². The van der Waals surface area contributed by atoms with Gasteiger partial charge >= 0.3 is 0 Å². The van der Waals surface area contributed by atoms with E-state index in [1.165, 1.54) is 17.5 Å². The van der Waals surface area contributed by atoms with E-state index in [4.69, 9.17) is 4.74 Å². The van der Waals surface area contributed by atoms with Crippen molar-refractivity contribution >= 4 is 0 Å². The molecule has 0 radical (unpaired) electrons. The highest BCUT2D eigenvalue weighted by Gasteiger charge is 2.35. The van der Waals surface area contributed by atoms with Crippen LogP contribution in [0.2, 0.25) is 0 Å². The molecule has 1 heterocycles. The lowest BCUT2D eigenvalue weighted by molar-refractivity contribution is 0.321. The fraction of sp³-hybridized carbons (Fsp3) is 0.625. The third-order valence-electron chi connectivity index (χ3n) is 4.36. The van der Waals surface area contributed by atoms with Crippen molar-refractivity contribution in [2.24, 2.45) is 0 Å². The van der Waals surface area contributed by atoms with Crippen molar-refractivity contribution in [3.63, 3.8) is 0 Å². The molecule has 3 heteroatoms. The Bertz CT molecular complexity index is 433. The van der Waals surface area contributed by atoms with Crippen LogP contribution in [0, 0.1) is 0 Å².